The minimum absolute atomic E-state index is 0.144. The Morgan fingerprint density at radius 3 is 2.59 bits per heavy atom. The van der Waals surface area contributed by atoms with Crippen molar-refractivity contribution in [2.75, 3.05) is 34.3 Å². The van der Waals surface area contributed by atoms with E-state index >= 15 is 0 Å². The van der Waals surface area contributed by atoms with Gasteiger partial charge in [-0.3, -0.25) is 14.4 Å². The lowest BCUT2D eigenvalue weighted by Gasteiger charge is -2.16. The van der Waals surface area contributed by atoms with Crippen LogP contribution in [0.5, 0.6) is 0 Å². The van der Waals surface area contributed by atoms with Crippen LogP contribution in [0, 0.1) is 0 Å². The highest BCUT2D eigenvalue weighted by Crippen LogP contribution is 2.26. The first-order chi connectivity index (χ1) is 15.3. The second-order valence-electron chi connectivity index (χ2n) is 7.27. The molecule has 0 spiro atoms. The molecule has 4 rings (SSSR count). The molecule has 166 valence electrons. The number of nitrogens with zero attached hydrogens (tertiary/aromatic N) is 3. The zero-order valence-corrected chi connectivity index (χ0v) is 18.8. The van der Waals surface area contributed by atoms with Gasteiger partial charge in [0.05, 0.1) is 11.9 Å². The average Bonchev–Trinajstić information content (AvgIpc) is 3.35. The molecule has 9 nitrogen and oxygen atoms in total. The lowest BCUT2D eigenvalue weighted by molar-refractivity contribution is 0.102. The summed E-state index contributed by atoms with van der Waals surface area (Å²) in [5.41, 5.74) is 1.99. The maximum Gasteiger partial charge on any atom is 0.326 e. The van der Waals surface area contributed by atoms with E-state index in [-0.39, 0.29) is 11.7 Å². The Morgan fingerprint density at radius 1 is 1.09 bits per heavy atom. The first-order valence-electron chi connectivity index (χ1n) is 9.73. The highest BCUT2D eigenvalue weighted by atomic mass is 32.2. The normalized spacial score (nSPS) is 14.0. The molecule has 0 bridgehead atoms. The number of thiazole rings is 1. The third-order valence-electron chi connectivity index (χ3n) is 4.69. The molecule has 32 heavy (non-hydrogen) atoms. The molecule has 2 aromatic carbocycles. The molecule has 3 amide bonds. The van der Waals surface area contributed by atoms with Crippen molar-refractivity contribution in [3.8, 4) is 0 Å². The molecule has 0 atom stereocenters. The SMILES string of the molecule is CS(=O)(=O)Nc1cccc(NC(=O)c2csc(N3CCN(Cc4ccccc4)C3=O)n2)c1. The van der Waals surface area contributed by atoms with Crippen LogP contribution in [0.1, 0.15) is 16.1 Å². The Bertz CT molecular complexity index is 1240. The highest BCUT2D eigenvalue weighted by molar-refractivity contribution is 7.92. The van der Waals surface area contributed by atoms with Gasteiger partial charge in [0, 0.05) is 30.7 Å². The molecular weight excluding hydrogens is 450 g/mol. The molecule has 0 aliphatic carbocycles. The van der Waals surface area contributed by atoms with E-state index in [9.17, 15) is 18.0 Å². The number of carbonyl (C=O) groups is 2. The first-order valence-corrected chi connectivity index (χ1v) is 12.5. The summed E-state index contributed by atoms with van der Waals surface area (Å²) in [7, 11) is -3.43. The number of hydrogen-bond acceptors (Lipinski definition) is 6. The van der Waals surface area contributed by atoms with Crippen molar-refractivity contribution >= 4 is 49.8 Å². The van der Waals surface area contributed by atoms with Crippen LogP contribution >= 0.6 is 11.3 Å². The third kappa shape index (κ3) is 5.24. The van der Waals surface area contributed by atoms with Gasteiger partial charge in [0.25, 0.3) is 5.91 Å². The monoisotopic (exact) mass is 471 g/mol. The molecule has 1 aliphatic heterocycles. The first kappa shape index (κ1) is 21.8. The van der Waals surface area contributed by atoms with Gasteiger partial charge in [0.2, 0.25) is 10.0 Å². The van der Waals surface area contributed by atoms with E-state index in [0.717, 1.165) is 11.8 Å². The molecule has 1 saturated heterocycles. The molecule has 1 aliphatic rings. The van der Waals surface area contributed by atoms with Crippen LogP contribution in [-0.2, 0) is 16.6 Å². The number of anilines is 3. The number of rotatable bonds is 7. The van der Waals surface area contributed by atoms with Crippen LogP contribution in [0.4, 0.5) is 21.3 Å². The molecule has 0 saturated carbocycles. The number of urea groups is 1. The van der Waals surface area contributed by atoms with Crippen molar-refractivity contribution in [2.45, 2.75) is 6.54 Å². The maximum absolute atomic E-state index is 12.8. The van der Waals surface area contributed by atoms with Crippen LogP contribution in [0.15, 0.2) is 60.0 Å². The van der Waals surface area contributed by atoms with E-state index in [1.165, 1.54) is 17.4 Å². The van der Waals surface area contributed by atoms with Gasteiger partial charge in [0.15, 0.2) is 5.13 Å². The number of hydrogen-bond donors (Lipinski definition) is 2. The van der Waals surface area contributed by atoms with Gasteiger partial charge >= 0.3 is 6.03 Å². The third-order valence-corrected chi connectivity index (χ3v) is 6.16. The Morgan fingerprint density at radius 2 is 1.84 bits per heavy atom. The standard InChI is InChI=1S/C21H21N5O4S2/c1-32(29,30)24-17-9-5-8-16(12-17)22-19(27)18-14-31-20(23-18)26-11-10-25(21(26)28)13-15-6-3-2-4-7-15/h2-9,12,14,24H,10-11,13H2,1H3,(H,22,27). The van der Waals surface area contributed by atoms with Crippen LogP contribution in [-0.4, -0.2) is 49.6 Å². The van der Waals surface area contributed by atoms with Gasteiger partial charge in [-0.05, 0) is 23.8 Å². The summed E-state index contributed by atoms with van der Waals surface area (Å²) in [6, 6.07) is 16.0. The smallest absolute Gasteiger partial charge is 0.321 e. The van der Waals surface area contributed by atoms with Gasteiger partial charge in [-0.15, -0.1) is 11.3 Å². The number of nitrogens with one attached hydrogen (secondary N) is 2. The van der Waals surface area contributed by atoms with Crippen LogP contribution < -0.4 is 14.9 Å². The lowest BCUT2D eigenvalue weighted by atomic mass is 10.2. The number of sulfonamides is 1. The van der Waals surface area contributed by atoms with Crippen molar-refractivity contribution in [3.05, 3.63) is 71.2 Å². The zero-order valence-electron chi connectivity index (χ0n) is 17.2. The molecule has 2 heterocycles. The summed E-state index contributed by atoms with van der Waals surface area (Å²) in [5, 5.41) is 4.75. The molecule has 1 aromatic heterocycles. The van der Waals surface area contributed by atoms with E-state index < -0.39 is 15.9 Å². The summed E-state index contributed by atoms with van der Waals surface area (Å²) in [4.78, 5) is 33.1. The molecule has 3 aromatic rings. The van der Waals surface area contributed by atoms with Crippen molar-refractivity contribution in [1.29, 1.82) is 0 Å². The van der Waals surface area contributed by atoms with Crippen LogP contribution in [0.25, 0.3) is 0 Å². The second kappa shape index (κ2) is 8.97. The van der Waals surface area contributed by atoms with Crippen molar-refractivity contribution in [1.82, 2.24) is 9.88 Å². The van der Waals surface area contributed by atoms with Crippen molar-refractivity contribution in [3.63, 3.8) is 0 Å². The summed E-state index contributed by atoms with van der Waals surface area (Å²) >= 11 is 1.22. The summed E-state index contributed by atoms with van der Waals surface area (Å²) in [6.45, 7) is 1.60. The number of carbonyl (C=O) groups excluding carboxylic acids is 2. The molecule has 2 N–H and O–H groups in total. The van der Waals surface area contributed by atoms with Gasteiger partial charge in [0.1, 0.15) is 5.69 Å². The average molecular weight is 472 g/mol. The molecule has 1 fully saturated rings. The van der Waals surface area contributed by atoms with Gasteiger partial charge in [-0.25, -0.2) is 18.2 Å². The van der Waals surface area contributed by atoms with Gasteiger partial charge in [-0.1, -0.05) is 36.4 Å². The van der Waals surface area contributed by atoms with Crippen molar-refractivity contribution in [2.24, 2.45) is 0 Å². The predicted molar refractivity (Wildman–Crippen MR) is 125 cm³/mol. The Labute approximate surface area is 189 Å². The molecule has 0 unspecified atom stereocenters. The van der Waals surface area contributed by atoms with Crippen molar-refractivity contribution < 1.29 is 18.0 Å². The van der Waals surface area contributed by atoms with Gasteiger partial charge in [-0.2, -0.15) is 0 Å². The van der Waals surface area contributed by atoms with E-state index in [1.54, 1.807) is 33.4 Å². The molecule has 0 radical (unpaired) electrons. The summed E-state index contributed by atoms with van der Waals surface area (Å²) < 4.78 is 25.1. The summed E-state index contributed by atoms with van der Waals surface area (Å²) in [6.07, 6.45) is 1.05. The maximum atomic E-state index is 12.8. The van der Waals surface area contributed by atoms with E-state index in [4.69, 9.17) is 0 Å². The van der Waals surface area contributed by atoms with Crippen LogP contribution in [0.2, 0.25) is 0 Å². The summed E-state index contributed by atoms with van der Waals surface area (Å²) in [5.74, 6) is -0.447. The zero-order chi connectivity index (χ0) is 22.7. The fourth-order valence-corrected chi connectivity index (χ4v) is 4.65. The fourth-order valence-electron chi connectivity index (χ4n) is 3.27. The van der Waals surface area contributed by atoms with Gasteiger partial charge < -0.3 is 10.2 Å². The molecule has 11 heteroatoms. The highest BCUT2D eigenvalue weighted by Gasteiger charge is 2.31. The Balaban J connectivity index is 1.41. The van der Waals surface area contributed by atoms with E-state index in [2.05, 4.69) is 15.0 Å². The Kier molecular flexibility index (Phi) is 6.10. The quantitative estimate of drug-likeness (QED) is 0.550. The number of amides is 3. The fraction of sp³-hybridized carbons (Fsp3) is 0.190. The number of aromatic nitrogens is 1. The number of benzene rings is 2. The lowest BCUT2D eigenvalue weighted by Crippen LogP contribution is -2.31. The Hall–Kier alpha value is -3.44. The topological polar surface area (TPSA) is 112 Å². The molecular formula is C21H21N5O4S2. The minimum Gasteiger partial charge on any atom is -0.321 e. The largest absolute Gasteiger partial charge is 0.326 e. The minimum atomic E-state index is -3.43. The van der Waals surface area contributed by atoms with E-state index in [0.29, 0.717) is 36.1 Å². The van der Waals surface area contributed by atoms with E-state index in [1.807, 2.05) is 30.3 Å². The predicted octanol–water partition coefficient (Wildman–Crippen LogP) is 3.21. The second-order valence-corrected chi connectivity index (χ2v) is 9.85. The van der Waals surface area contributed by atoms with Crippen LogP contribution in [0.3, 0.4) is 0 Å².